The van der Waals surface area contributed by atoms with E-state index in [1.165, 1.54) is 43.2 Å². The summed E-state index contributed by atoms with van der Waals surface area (Å²) in [5.41, 5.74) is 3.23. The smallest absolute Gasteiger partial charge is 0.457 e. The number of rotatable bonds is 4. The van der Waals surface area contributed by atoms with Gasteiger partial charge in [-0.25, -0.2) is 4.79 Å². The topological polar surface area (TPSA) is 56.8 Å². The fourth-order valence-corrected chi connectivity index (χ4v) is 5.37. The zero-order valence-corrected chi connectivity index (χ0v) is 15.8. The van der Waals surface area contributed by atoms with Crippen molar-refractivity contribution in [2.75, 3.05) is 13.3 Å². The van der Waals surface area contributed by atoms with Crippen molar-refractivity contribution < 1.29 is 19.0 Å². The van der Waals surface area contributed by atoms with Gasteiger partial charge in [-0.1, -0.05) is 18.9 Å². The zero-order valence-electron chi connectivity index (χ0n) is 15.8. The fraction of sp³-hybridized carbons (Fsp3) is 0.667. The van der Waals surface area contributed by atoms with Crippen molar-refractivity contribution in [2.45, 2.75) is 69.9 Å². The van der Waals surface area contributed by atoms with Crippen molar-refractivity contribution in [3.8, 4) is 5.75 Å². The fourth-order valence-electron chi connectivity index (χ4n) is 5.37. The molecule has 4 rings (SSSR count). The van der Waals surface area contributed by atoms with Gasteiger partial charge in [-0.2, -0.15) is 0 Å². The number of carbonyl (C=O) groups excluding carboxylic acids is 1. The van der Waals surface area contributed by atoms with Gasteiger partial charge in [0, 0.05) is 11.5 Å². The van der Waals surface area contributed by atoms with Crippen LogP contribution in [-0.2, 0) is 21.3 Å². The summed E-state index contributed by atoms with van der Waals surface area (Å²) >= 11 is 0. The molecule has 5 heteroatoms. The van der Waals surface area contributed by atoms with E-state index in [9.17, 15) is 4.79 Å². The summed E-state index contributed by atoms with van der Waals surface area (Å²) in [5, 5.41) is 3.76. The summed E-state index contributed by atoms with van der Waals surface area (Å²) in [4.78, 5) is 11.5. The van der Waals surface area contributed by atoms with Crippen molar-refractivity contribution in [1.82, 2.24) is 5.32 Å². The standard InChI is InChI=1S/C21H29NO4/c1-14(2)26-20(23)25-13-24-16-7-6-15-11-19-17-5-3-4-8-21(17,9-10-22-19)18(15)12-16/h6-7,12,14,17,19,22H,3-5,8-11,13H2,1-2H3/t17-,19+,21-/m1/s1. The molecule has 3 atom stereocenters. The van der Waals surface area contributed by atoms with Gasteiger partial charge in [0.25, 0.3) is 0 Å². The molecular weight excluding hydrogens is 330 g/mol. The van der Waals surface area contributed by atoms with Crippen LogP contribution in [0.15, 0.2) is 18.2 Å². The first-order chi connectivity index (χ1) is 12.6. The second kappa shape index (κ2) is 7.10. The Morgan fingerprint density at radius 2 is 2.19 bits per heavy atom. The number of fused-ring (bicyclic) bond motifs is 1. The molecule has 2 aliphatic carbocycles. The van der Waals surface area contributed by atoms with E-state index in [-0.39, 0.29) is 12.9 Å². The lowest BCUT2D eigenvalue weighted by Gasteiger charge is -2.56. The molecule has 1 saturated heterocycles. The first-order valence-corrected chi connectivity index (χ1v) is 9.91. The predicted octanol–water partition coefficient (Wildman–Crippen LogP) is 3.93. The van der Waals surface area contributed by atoms with Crippen LogP contribution < -0.4 is 10.1 Å². The monoisotopic (exact) mass is 359 g/mol. The number of ether oxygens (including phenoxy) is 3. The van der Waals surface area contributed by atoms with Crippen LogP contribution in [-0.4, -0.2) is 31.6 Å². The SMILES string of the molecule is CC(C)OC(=O)OCOc1ccc2c(c1)[C@@]13CCCC[C@@H]1[C@H](C2)NCC3. The van der Waals surface area contributed by atoms with E-state index in [1.807, 2.05) is 6.07 Å². The van der Waals surface area contributed by atoms with Crippen LogP contribution in [0.3, 0.4) is 0 Å². The Bertz CT molecular complexity index is 670. The molecule has 0 unspecified atom stereocenters. The van der Waals surface area contributed by atoms with E-state index in [2.05, 4.69) is 17.4 Å². The van der Waals surface area contributed by atoms with Crippen LogP contribution in [0, 0.1) is 5.92 Å². The first kappa shape index (κ1) is 17.7. The molecule has 1 saturated carbocycles. The van der Waals surface area contributed by atoms with Gasteiger partial charge in [0.1, 0.15) is 5.75 Å². The van der Waals surface area contributed by atoms with E-state index in [1.54, 1.807) is 13.8 Å². The van der Waals surface area contributed by atoms with Gasteiger partial charge in [0.15, 0.2) is 0 Å². The molecule has 26 heavy (non-hydrogen) atoms. The Morgan fingerprint density at radius 1 is 1.31 bits per heavy atom. The molecule has 0 radical (unpaired) electrons. The average Bonchev–Trinajstić information content (AvgIpc) is 2.61. The van der Waals surface area contributed by atoms with E-state index >= 15 is 0 Å². The Morgan fingerprint density at radius 3 is 3.04 bits per heavy atom. The van der Waals surface area contributed by atoms with Crippen LogP contribution in [0.5, 0.6) is 5.75 Å². The van der Waals surface area contributed by atoms with Crippen molar-refractivity contribution in [1.29, 1.82) is 0 Å². The number of nitrogens with one attached hydrogen (secondary N) is 1. The maximum atomic E-state index is 11.5. The maximum absolute atomic E-state index is 11.5. The van der Waals surface area contributed by atoms with E-state index in [0.717, 1.165) is 24.6 Å². The van der Waals surface area contributed by atoms with Crippen molar-refractivity contribution in [3.63, 3.8) is 0 Å². The molecule has 0 amide bonds. The molecule has 2 fully saturated rings. The summed E-state index contributed by atoms with van der Waals surface area (Å²) in [6.45, 7) is 4.57. The molecule has 1 aromatic rings. The molecule has 2 bridgehead atoms. The first-order valence-electron chi connectivity index (χ1n) is 9.91. The predicted molar refractivity (Wildman–Crippen MR) is 98.4 cm³/mol. The number of benzene rings is 1. The van der Waals surface area contributed by atoms with Crippen LogP contribution in [0.25, 0.3) is 0 Å². The molecular formula is C21H29NO4. The Hall–Kier alpha value is -1.75. The van der Waals surface area contributed by atoms with Gasteiger partial charge in [0.2, 0.25) is 6.79 Å². The van der Waals surface area contributed by atoms with Gasteiger partial charge in [-0.15, -0.1) is 0 Å². The third-order valence-corrected chi connectivity index (χ3v) is 6.35. The van der Waals surface area contributed by atoms with Crippen LogP contribution >= 0.6 is 0 Å². The van der Waals surface area contributed by atoms with Gasteiger partial charge >= 0.3 is 6.16 Å². The van der Waals surface area contributed by atoms with Gasteiger partial charge in [-0.3, -0.25) is 0 Å². The highest BCUT2D eigenvalue weighted by Crippen LogP contribution is 2.54. The Labute approximate surface area is 155 Å². The highest BCUT2D eigenvalue weighted by Gasteiger charge is 2.51. The van der Waals surface area contributed by atoms with Crippen LogP contribution in [0.1, 0.15) is 57.1 Å². The zero-order chi connectivity index (χ0) is 18.1. The minimum Gasteiger partial charge on any atom is -0.457 e. The van der Waals surface area contributed by atoms with Gasteiger partial charge < -0.3 is 19.5 Å². The summed E-state index contributed by atoms with van der Waals surface area (Å²) in [6.07, 6.45) is 6.71. The lowest BCUT2D eigenvalue weighted by Crippen LogP contribution is -2.59. The number of hydrogen-bond acceptors (Lipinski definition) is 5. The lowest BCUT2D eigenvalue weighted by molar-refractivity contribution is -0.00834. The average molecular weight is 359 g/mol. The quantitative estimate of drug-likeness (QED) is 0.652. The molecule has 1 heterocycles. The van der Waals surface area contributed by atoms with Crippen molar-refractivity contribution in [2.24, 2.45) is 5.92 Å². The number of hydrogen-bond donors (Lipinski definition) is 1. The maximum Gasteiger partial charge on any atom is 0.511 e. The third-order valence-electron chi connectivity index (χ3n) is 6.35. The molecule has 1 N–H and O–H groups in total. The Balaban J connectivity index is 1.50. The lowest BCUT2D eigenvalue weighted by atomic mass is 9.53. The molecule has 1 aromatic carbocycles. The van der Waals surface area contributed by atoms with Crippen molar-refractivity contribution in [3.05, 3.63) is 29.3 Å². The van der Waals surface area contributed by atoms with E-state index in [4.69, 9.17) is 14.2 Å². The molecule has 0 spiro atoms. The molecule has 142 valence electrons. The van der Waals surface area contributed by atoms with Crippen LogP contribution in [0.4, 0.5) is 4.79 Å². The van der Waals surface area contributed by atoms with E-state index in [0.29, 0.717) is 11.5 Å². The molecule has 0 aromatic heterocycles. The normalized spacial score (nSPS) is 29.5. The number of carbonyl (C=O) groups is 1. The molecule has 3 aliphatic rings. The molecule has 5 nitrogen and oxygen atoms in total. The second-order valence-electron chi connectivity index (χ2n) is 8.17. The Kier molecular flexibility index (Phi) is 4.82. The minimum absolute atomic E-state index is 0.120. The van der Waals surface area contributed by atoms with E-state index < -0.39 is 6.16 Å². The van der Waals surface area contributed by atoms with Crippen LogP contribution in [0.2, 0.25) is 0 Å². The second-order valence-corrected chi connectivity index (χ2v) is 8.17. The minimum atomic E-state index is -0.690. The summed E-state index contributed by atoms with van der Waals surface area (Å²) in [7, 11) is 0. The van der Waals surface area contributed by atoms with Gasteiger partial charge in [0.05, 0.1) is 6.10 Å². The largest absolute Gasteiger partial charge is 0.511 e. The summed E-state index contributed by atoms with van der Waals surface area (Å²) in [5.74, 6) is 1.52. The van der Waals surface area contributed by atoms with Crippen molar-refractivity contribution >= 4 is 6.16 Å². The highest BCUT2D eigenvalue weighted by atomic mass is 16.8. The number of piperidine rings is 1. The van der Waals surface area contributed by atoms with Gasteiger partial charge in [-0.05, 0) is 75.3 Å². The summed E-state index contributed by atoms with van der Waals surface area (Å²) in [6, 6.07) is 7.01. The third kappa shape index (κ3) is 3.18. The molecule has 1 aliphatic heterocycles. The highest BCUT2D eigenvalue weighted by molar-refractivity contribution is 5.59. The summed E-state index contributed by atoms with van der Waals surface area (Å²) < 4.78 is 15.6.